The van der Waals surface area contributed by atoms with Crippen molar-refractivity contribution >= 4 is 35.9 Å². The molecule has 0 atom stereocenters. The van der Waals surface area contributed by atoms with Crippen LogP contribution in [-0.2, 0) is 0 Å². The van der Waals surface area contributed by atoms with E-state index in [1.807, 2.05) is 13.0 Å². The lowest BCUT2D eigenvalue weighted by atomic mass is 10.1. The van der Waals surface area contributed by atoms with Crippen LogP contribution in [0.4, 0.5) is 10.5 Å². The van der Waals surface area contributed by atoms with Crippen molar-refractivity contribution in [3.63, 3.8) is 0 Å². The van der Waals surface area contributed by atoms with Gasteiger partial charge in [0, 0.05) is 17.8 Å². The van der Waals surface area contributed by atoms with E-state index in [1.54, 1.807) is 36.8 Å². The number of hydrogen-bond acceptors (Lipinski definition) is 5. The van der Waals surface area contributed by atoms with Crippen molar-refractivity contribution in [2.45, 2.75) is 6.92 Å². The molecule has 0 spiro atoms. The normalized spacial score (nSPS) is 10.3. The van der Waals surface area contributed by atoms with Gasteiger partial charge in [-0.25, -0.2) is 14.1 Å². The van der Waals surface area contributed by atoms with E-state index in [0.29, 0.717) is 11.4 Å². The van der Waals surface area contributed by atoms with Crippen molar-refractivity contribution in [1.82, 2.24) is 4.98 Å². The van der Waals surface area contributed by atoms with Crippen molar-refractivity contribution in [1.29, 1.82) is 0 Å². The molecule has 2 N–H and O–H groups in total. The van der Waals surface area contributed by atoms with Crippen LogP contribution in [0.25, 0.3) is 10.4 Å². The molecule has 7 heteroatoms. The molecule has 0 saturated carbocycles. The smallest absolute Gasteiger partial charge is 0.329 e. The maximum Gasteiger partial charge on any atom is 0.329 e. The number of benzene rings is 1. The molecule has 0 bridgehead atoms. The van der Waals surface area contributed by atoms with E-state index in [-0.39, 0.29) is 0 Å². The van der Waals surface area contributed by atoms with Gasteiger partial charge >= 0.3 is 6.03 Å². The van der Waals surface area contributed by atoms with Crippen LogP contribution >= 0.6 is 24.2 Å². The Morgan fingerprint density at radius 2 is 2.26 bits per heavy atom. The van der Waals surface area contributed by atoms with E-state index < -0.39 is 6.03 Å². The number of nitrogens with two attached hydrogens (primary N) is 1. The Kier molecular flexibility index (Phi) is 3.96. The molecule has 2 rings (SSSR count). The van der Waals surface area contributed by atoms with Crippen LogP contribution in [0.2, 0.25) is 0 Å². The first kappa shape index (κ1) is 13.7. The highest BCUT2D eigenvalue weighted by atomic mass is 32.1. The van der Waals surface area contributed by atoms with Crippen LogP contribution in [0.3, 0.4) is 0 Å². The topological polar surface area (TPSA) is 68.5 Å². The third-order valence-corrected chi connectivity index (χ3v) is 3.90. The first-order chi connectivity index (χ1) is 9.02. The van der Waals surface area contributed by atoms with E-state index in [9.17, 15) is 4.79 Å². The van der Waals surface area contributed by atoms with Crippen LogP contribution in [0.5, 0.6) is 5.75 Å². The fourth-order valence-electron chi connectivity index (χ4n) is 1.63. The second-order valence-corrected chi connectivity index (χ2v) is 5.41. The van der Waals surface area contributed by atoms with E-state index in [2.05, 4.69) is 17.8 Å². The molecule has 0 aliphatic carbocycles. The fourth-order valence-corrected chi connectivity index (χ4v) is 2.56. The van der Waals surface area contributed by atoms with Gasteiger partial charge in [0.15, 0.2) is 0 Å². The predicted molar refractivity (Wildman–Crippen MR) is 79.9 cm³/mol. The fraction of sp³-hybridized carbons (Fsp3) is 0.167. The minimum absolute atomic E-state index is 0.553. The van der Waals surface area contributed by atoms with Crippen molar-refractivity contribution in [3.05, 3.63) is 29.4 Å². The lowest BCUT2D eigenvalue weighted by Crippen LogP contribution is -2.27. The van der Waals surface area contributed by atoms with Crippen molar-refractivity contribution in [2.75, 3.05) is 11.4 Å². The average molecular weight is 295 g/mol. The van der Waals surface area contributed by atoms with Crippen molar-refractivity contribution < 1.29 is 9.53 Å². The summed E-state index contributed by atoms with van der Waals surface area (Å²) in [6.45, 7) is 1.94. The largest absolute Gasteiger partial charge is 0.496 e. The van der Waals surface area contributed by atoms with Gasteiger partial charge < -0.3 is 10.5 Å². The zero-order valence-corrected chi connectivity index (χ0v) is 12.2. The molecule has 19 heavy (non-hydrogen) atoms. The van der Waals surface area contributed by atoms with Crippen molar-refractivity contribution in [3.8, 4) is 16.2 Å². The Bertz CT molecular complexity index is 613. The quantitative estimate of drug-likeness (QED) is 0.856. The Labute approximate surface area is 120 Å². The molecule has 2 aromatic rings. The number of aromatic nitrogens is 1. The minimum atomic E-state index is -0.647. The molecular weight excluding hydrogens is 282 g/mol. The first-order valence-electron chi connectivity index (χ1n) is 5.42. The second kappa shape index (κ2) is 5.50. The van der Waals surface area contributed by atoms with Crippen LogP contribution < -0.4 is 14.8 Å². The monoisotopic (exact) mass is 295 g/mol. The molecule has 100 valence electrons. The number of rotatable bonds is 3. The first-order valence-corrected chi connectivity index (χ1v) is 6.64. The standard InChI is InChI=1S/C12H13N3O2S2/c1-7-14-6-11(19-7)9-4-3-8(5-10(9)17-2)15(18)12(13)16/h3-6,18H,1-2H3,(H2,13,16). The van der Waals surface area contributed by atoms with Crippen molar-refractivity contribution in [2.24, 2.45) is 5.73 Å². The molecule has 0 radical (unpaired) electrons. The minimum Gasteiger partial charge on any atom is -0.496 e. The summed E-state index contributed by atoms with van der Waals surface area (Å²) in [6, 6.07) is 4.67. The van der Waals surface area contributed by atoms with Crippen LogP contribution in [0.1, 0.15) is 5.01 Å². The lowest BCUT2D eigenvalue weighted by molar-refractivity contribution is 0.257. The number of amides is 2. The number of urea groups is 1. The number of carbonyl (C=O) groups excluding carboxylic acids is 1. The maximum absolute atomic E-state index is 11.1. The highest BCUT2D eigenvalue weighted by Crippen LogP contribution is 2.36. The molecule has 0 aliphatic rings. The molecule has 1 heterocycles. The summed E-state index contributed by atoms with van der Waals surface area (Å²) in [4.78, 5) is 16.3. The summed E-state index contributed by atoms with van der Waals surface area (Å²) in [6.07, 6.45) is 1.80. The van der Waals surface area contributed by atoms with Gasteiger partial charge in [-0.05, 0) is 19.1 Å². The van der Waals surface area contributed by atoms with Gasteiger partial charge in [-0.3, -0.25) is 0 Å². The average Bonchev–Trinajstić information content (AvgIpc) is 2.83. The summed E-state index contributed by atoms with van der Waals surface area (Å²) < 4.78 is 6.41. The number of anilines is 1. The zero-order chi connectivity index (χ0) is 14.0. The SMILES string of the molecule is COc1cc(N(S)C(N)=O)ccc1-c1cnc(C)s1. The summed E-state index contributed by atoms with van der Waals surface area (Å²) in [5, 5.41) is 0.981. The molecule has 1 aromatic carbocycles. The van der Waals surface area contributed by atoms with Gasteiger partial charge in [0.1, 0.15) is 5.75 Å². The summed E-state index contributed by atoms with van der Waals surface area (Å²) in [7, 11) is 1.57. The zero-order valence-electron chi connectivity index (χ0n) is 10.5. The number of ether oxygens (including phenoxy) is 1. The molecule has 1 aromatic heterocycles. The molecule has 0 unspecified atom stereocenters. The summed E-state index contributed by atoms with van der Waals surface area (Å²) >= 11 is 5.60. The Morgan fingerprint density at radius 3 is 2.79 bits per heavy atom. The number of carbonyl (C=O) groups is 1. The molecule has 0 saturated heterocycles. The number of primary amides is 1. The molecule has 2 amide bonds. The van der Waals surface area contributed by atoms with E-state index >= 15 is 0 Å². The molecule has 5 nitrogen and oxygen atoms in total. The predicted octanol–water partition coefficient (Wildman–Crippen LogP) is 2.86. The maximum atomic E-state index is 11.1. The number of thiazole rings is 1. The third kappa shape index (κ3) is 2.82. The van der Waals surface area contributed by atoms with E-state index in [0.717, 1.165) is 19.8 Å². The second-order valence-electron chi connectivity index (χ2n) is 3.78. The molecule has 0 aliphatic heterocycles. The number of methoxy groups -OCH3 is 1. The lowest BCUT2D eigenvalue weighted by Gasteiger charge is -2.15. The Balaban J connectivity index is 2.45. The van der Waals surface area contributed by atoms with Crippen LogP contribution in [0, 0.1) is 6.92 Å². The Hall–Kier alpha value is -1.73. The molecule has 0 fully saturated rings. The van der Waals surface area contributed by atoms with Gasteiger partial charge in [-0.1, -0.05) is 12.8 Å². The number of thiol groups is 1. The van der Waals surface area contributed by atoms with Gasteiger partial charge in [0.05, 0.1) is 22.7 Å². The molecular formula is C12H13N3O2S2. The van der Waals surface area contributed by atoms with E-state index in [4.69, 9.17) is 10.5 Å². The highest BCUT2D eigenvalue weighted by Gasteiger charge is 2.13. The van der Waals surface area contributed by atoms with Gasteiger partial charge in [-0.15, -0.1) is 11.3 Å². The summed E-state index contributed by atoms with van der Waals surface area (Å²) in [5.74, 6) is 0.640. The third-order valence-electron chi connectivity index (χ3n) is 2.53. The number of nitrogens with zero attached hydrogens (tertiary/aromatic N) is 2. The number of hydrogen-bond donors (Lipinski definition) is 2. The van der Waals surface area contributed by atoms with Gasteiger partial charge in [0.25, 0.3) is 0 Å². The number of aryl methyl sites for hydroxylation is 1. The highest BCUT2D eigenvalue weighted by molar-refractivity contribution is 7.82. The Morgan fingerprint density at radius 1 is 1.53 bits per heavy atom. The van der Waals surface area contributed by atoms with Gasteiger partial charge in [-0.2, -0.15) is 0 Å². The van der Waals surface area contributed by atoms with Crippen LogP contribution in [0.15, 0.2) is 24.4 Å². The van der Waals surface area contributed by atoms with Gasteiger partial charge in [0.2, 0.25) is 0 Å². The van der Waals surface area contributed by atoms with E-state index in [1.165, 1.54) is 0 Å². The summed E-state index contributed by atoms with van der Waals surface area (Å²) in [5.41, 5.74) is 6.65. The van der Waals surface area contributed by atoms with Crippen LogP contribution in [-0.4, -0.2) is 18.1 Å².